The second-order valence-corrected chi connectivity index (χ2v) is 10.9. The van der Waals surface area contributed by atoms with Crippen LogP contribution >= 0.6 is 23.4 Å². The molecule has 2 aromatic rings. The maximum Gasteiger partial charge on any atom is 0.260 e. The first-order chi connectivity index (χ1) is 16.5. The lowest BCUT2D eigenvalue weighted by Gasteiger charge is -2.45. The Morgan fingerprint density at radius 1 is 1.12 bits per heavy atom. The Bertz CT molecular complexity index is 1090. The summed E-state index contributed by atoms with van der Waals surface area (Å²) in [5.74, 6) is 1.22. The lowest BCUT2D eigenvalue weighted by Crippen LogP contribution is -2.55. The van der Waals surface area contributed by atoms with Crippen LogP contribution in [0.25, 0.3) is 6.08 Å². The third-order valence-electron chi connectivity index (χ3n) is 7.12. The van der Waals surface area contributed by atoms with Crippen LogP contribution in [0.5, 0.6) is 0 Å². The van der Waals surface area contributed by atoms with Crippen LogP contribution in [0.3, 0.4) is 0 Å². The SMILES string of the molecule is CN1C(=O)/C(=C/c2cccc(Cl)c2)SC2CCC(C(=O)N3CCN(c4ccccn4)CC3)CC21. The molecule has 3 unspecified atom stereocenters. The fourth-order valence-corrected chi connectivity index (χ4v) is 6.90. The summed E-state index contributed by atoms with van der Waals surface area (Å²) in [5.41, 5.74) is 0.934. The van der Waals surface area contributed by atoms with Gasteiger partial charge in [0.05, 0.1) is 4.91 Å². The highest BCUT2D eigenvalue weighted by Crippen LogP contribution is 2.43. The average molecular weight is 497 g/mol. The molecule has 1 aliphatic carbocycles. The van der Waals surface area contributed by atoms with Crippen molar-refractivity contribution in [3.63, 3.8) is 0 Å². The smallest absolute Gasteiger partial charge is 0.260 e. The number of fused-ring (bicyclic) bond motifs is 1. The van der Waals surface area contributed by atoms with Gasteiger partial charge in [-0.1, -0.05) is 29.8 Å². The summed E-state index contributed by atoms with van der Waals surface area (Å²) in [4.78, 5) is 37.8. The van der Waals surface area contributed by atoms with Crippen LogP contribution in [0, 0.1) is 5.92 Å². The molecular formula is C26H29ClN4O2S. The zero-order valence-electron chi connectivity index (χ0n) is 19.3. The van der Waals surface area contributed by atoms with Crippen molar-refractivity contribution in [2.75, 3.05) is 38.1 Å². The molecular weight excluding hydrogens is 468 g/mol. The molecule has 0 N–H and O–H groups in total. The van der Waals surface area contributed by atoms with E-state index in [2.05, 4.69) is 9.88 Å². The van der Waals surface area contributed by atoms with Gasteiger partial charge < -0.3 is 14.7 Å². The molecule has 3 atom stereocenters. The molecule has 3 heterocycles. The van der Waals surface area contributed by atoms with Gasteiger partial charge in [-0.3, -0.25) is 9.59 Å². The molecule has 2 saturated heterocycles. The normalized spacial score (nSPS) is 26.5. The van der Waals surface area contributed by atoms with Gasteiger partial charge in [0.15, 0.2) is 0 Å². The molecule has 8 heteroatoms. The predicted octanol–water partition coefficient (Wildman–Crippen LogP) is 4.17. The van der Waals surface area contributed by atoms with E-state index in [-0.39, 0.29) is 23.8 Å². The predicted molar refractivity (Wildman–Crippen MR) is 138 cm³/mol. The van der Waals surface area contributed by atoms with Crippen LogP contribution in [-0.4, -0.2) is 71.1 Å². The van der Waals surface area contributed by atoms with Crippen molar-refractivity contribution in [2.45, 2.75) is 30.6 Å². The number of rotatable bonds is 3. The van der Waals surface area contributed by atoms with Gasteiger partial charge in [0.2, 0.25) is 5.91 Å². The highest BCUT2D eigenvalue weighted by molar-refractivity contribution is 8.04. The molecule has 1 aromatic carbocycles. The number of carbonyl (C=O) groups is 2. The standard InChI is InChI=1S/C26H29ClN4O2S/c1-29-21-17-19(25(32)31-13-11-30(12-14-31)24-7-2-3-10-28-24)8-9-22(21)34-23(26(29)33)16-18-5-4-6-20(27)15-18/h2-7,10,15-16,19,21-22H,8-9,11-14,17H2,1H3/b23-16-. The molecule has 2 aliphatic heterocycles. The molecule has 3 aliphatic rings. The van der Waals surface area contributed by atoms with Crippen LogP contribution in [-0.2, 0) is 9.59 Å². The summed E-state index contributed by atoms with van der Waals surface area (Å²) in [6.45, 7) is 3.03. The molecule has 0 bridgehead atoms. The molecule has 1 saturated carbocycles. The first-order valence-electron chi connectivity index (χ1n) is 11.9. The number of carbonyl (C=O) groups excluding carboxylic acids is 2. The van der Waals surface area contributed by atoms with Gasteiger partial charge in [-0.15, -0.1) is 11.8 Å². The van der Waals surface area contributed by atoms with E-state index in [0.717, 1.165) is 61.7 Å². The van der Waals surface area contributed by atoms with E-state index in [1.54, 1.807) is 18.0 Å². The largest absolute Gasteiger partial charge is 0.353 e. The molecule has 1 aromatic heterocycles. The fraction of sp³-hybridized carbons (Fsp3) is 0.423. The van der Waals surface area contributed by atoms with Crippen LogP contribution in [0.15, 0.2) is 53.6 Å². The van der Waals surface area contributed by atoms with Crippen LogP contribution in [0.1, 0.15) is 24.8 Å². The number of thioether (sulfide) groups is 1. The van der Waals surface area contributed by atoms with Crippen molar-refractivity contribution < 1.29 is 9.59 Å². The summed E-state index contributed by atoms with van der Waals surface area (Å²) < 4.78 is 0. The lowest BCUT2D eigenvalue weighted by atomic mass is 9.83. The van der Waals surface area contributed by atoms with E-state index < -0.39 is 0 Å². The van der Waals surface area contributed by atoms with Crippen molar-refractivity contribution in [2.24, 2.45) is 5.92 Å². The highest BCUT2D eigenvalue weighted by Gasteiger charge is 2.43. The van der Waals surface area contributed by atoms with Crippen LogP contribution < -0.4 is 4.90 Å². The van der Waals surface area contributed by atoms with Crippen molar-refractivity contribution >= 4 is 47.1 Å². The van der Waals surface area contributed by atoms with Crippen LogP contribution in [0.4, 0.5) is 5.82 Å². The number of piperazine rings is 1. The van der Waals surface area contributed by atoms with E-state index in [0.29, 0.717) is 10.3 Å². The summed E-state index contributed by atoms with van der Waals surface area (Å²) in [6.07, 6.45) is 6.29. The van der Waals surface area contributed by atoms with E-state index in [9.17, 15) is 9.59 Å². The van der Waals surface area contributed by atoms with E-state index >= 15 is 0 Å². The number of halogens is 1. The molecule has 0 radical (unpaired) electrons. The zero-order chi connectivity index (χ0) is 23.7. The minimum absolute atomic E-state index is 0.0167. The number of hydrogen-bond donors (Lipinski definition) is 0. The lowest BCUT2D eigenvalue weighted by molar-refractivity contribution is -0.139. The number of nitrogens with zero attached hydrogens (tertiary/aromatic N) is 4. The second kappa shape index (κ2) is 10.0. The molecule has 178 valence electrons. The Hall–Kier alpha value is -2.51. The van der Waals surface area contributed by atoms with Crippen molar-refractivity contribution in [1.29, 1.82) is 0 Å². The molecule has 5 rings (SSSR count). The van der Waals surface area contributed by atoms with Gasteiger partial charge >= 0.3 is 0 Å². The maximum atomic E-state index is 13.4. The first kappa shape index (κ1) is 23.2. The van der Waals surface area contributed by atoms with Gasteiger partial charge in [-0.05, 0) is 55.2 Å². The first-order valence-corrected chi connectivity index (χ1v) is 13.1. The Kier molecular flexibility index (Phi) is 6.84. The van der Waals surface area contributed by atoms with Gasteiger partial charge in [-0.25, -0.2) is 4.98 Å². The topological polar surface area (TPSA) is 56.8 Å². The Balaban J connectivity index is 1.21. The van der Waals surface area contributed by atoms with Gasteiger partial charge in [0, 0.05) is 61.7 Å². The molecule has 0 spiro atoms. The van der Waals surface area contributed by atoms with E-state index in [1.807, 2.05) is 65.4 Å². The van der Waals surface area contributed by atoms with Crippen molar-refractivity contribution in [1.82, 2.24) is 14.8 Å². The van der Waals surface area contributed by atoms with Gasteiger partial charge in [-0.2, -0.15) is 0 Å². The molecule has 2 amide bonds. The third kappa shape index (κ3) is 4.82. The zero-order valence-corrected chi connectivity index (χ0v) is 20.8. The minimum Gasteiger partial charge on any atom is -0.353 e. The molecule has 3 fully saturated rings. The highest BCUT2D eigenvalue weighted by atomic mass is 35.5. The van der Waals surface area contributed by atoms with Gasteiger partial charge in [0.1, 0.15) is 5.82 Å². The summed E-state index contributed by atoms with van der Waals surface area (Å²) >= 11 is 7.78. The summed E-state index contributed by atoms with van der Waals surface area (Å²) in [6, 6.07) is 13.6. The Morgan fingerprint density at radius 3 is 2.68 bits per heavy atom. The number of pyridine rings is 1. The quantitative estimate of drug-likeness (QED) is 0.597. The molecule has 34 heavy (non-hydrogen) atoms. The third-order valence-corrected chi connectivity index (χ3v) is 8.76. The second-order valence-electron chi connectivity index (χ2n) is 9.21. The van der Waals surface area contributed by atoms with Crippen LogP contribution in [0.2, 0.25) is 5.02 Å². The number of anilines is 1. The number of benzene rings is 1. The Labute approximate surface area is 210 Å². The average Bonchev–Trinajstić information content (AvgIpc) is 2.87. The number of hydrogen-bond acceptors (Lipinski definition) is 5. The van der Waals surface area contributed by atoms with Gasteiger partial charge in [0.25, 0.3) is 5.91 Å². The maximum absolute atomic E-state index is 13.4. The number of likely N-dealkylation sites (N-methyl/N-ethyl adjacent to an activating group) is 1. The minimum atomic E-state index is -0.0167. The van der Waals surface area contributed by atoms with Crippen molar-refractivity contribution in [3.05, 3.63) is 64.2 Å². The van der Waals surface area contributed by atoms with E-state index in [1.165, 1.54) is 0 Å². The van der Waals surface area contributed by atoms with Crippen molar-refractivity contribution in [3.8, 4) is 0 Å². The Morgan fingerprint density at radius 2 is 1.94 bits per heavy atom. The number of aromatic nitrogens is 1. The fourth-order valence-electron chi connectivity index (χ4n) is 5.22. The summed E-state index contributed by atoms with van der Waals surface area (Å²) in [7, 11) is 1.88. The molecule has 6 nitrogen and oxygen atoms in total. The summed E-state index contributed by atoms with van der Waals surface area (Å²) in [5, 5.41) is 0.979. The van der Waals surface area contributed by atoms with E-state index in [4.69, 9.17) is 11.6 Å². The number of amides is 2. The monoisotopic (exact) mass is 496 g/mol.